The molecule has 0 aliphatic heterocycles. The van der Waals surface area contributed by atoms with Gasteiger partial charge in [0.1, 0.15) is 5.56 Å². The molecule has 0 aliphatic carbocycles. The van der Waals surface area contributed by atoms with Crippen LogP contribution in [0.3, 0.4) is 0 Å². The van der Waals surface area contributed by atoms with Gasteiger partial charge in [-0.05, 0) is 0 Å². The van der Waals surface area contributed by atoms with Crippen LogP contribution in [0.15, 0.2) is 6.20 Å². The normalized spacial score (nSPS) is 10.4. The van der Waals surface area contributed by atoms with E-state index in [0.29, 0.717) is 6.20 Å². The Bertz CT molecular complexity index is 394. The molecule has 7 heteroatoms. The van der Waals surface area contributed by atoms with Crippen molar-refractivity contribution in [2.24, 2.45) is 0 Å². The average molecular weight is 219 g/mol. The second-order valence-corrected chi connectivity index (χ2v) is 2.54. The van der Waals surface area contributed by atoms with Crippen LogP contribution in [0.4, 0.5) is 8.78 Å². The monoisotopic (exact) mass is 219 g/mol. The number of carboxylic acids is 1. The summed E-state index contributed by atoms with van der Waals surface area (Å²) in [6.45, 7) is 0. The van der Waals surface area contributed by atoms with Gasteiger partial charge in [-0.2, -0.15) is 0 Å². The summed E-state index contributed by atoms with van der Waals surface area (Å²) in [5.41, 5.74) is -1.38. The maximum atomic E-state index is 12.3. The van der Waals surface area contributed by atoms with Gasteiger partial charge in [0.15, 0.2) is 17.2 Å². The highest BCUT2D eigenvalue weighted by Crippen LogP contribution is 2.36. The lowest BCUT2D eigenvalue weighted by molar-refractivity contribution is 0.0690. The van der Waals surface area contributed by atoms with Gasteiger partial charge < -0.3 is 14.9 Å². The van der Waals surface area contributed by atoms with Crippen LogP contribution in [0.5, 0.6) is 11.5 Å². The number of aromatic nitrogens is 1. The summed E-state index contributed by atoms with van der Waals surface area (Å²) >= 11 is 0. The molecule has 2 N–H and O–H groups in total. The maximum absolute atomic E-state index is 12.3. The van der Waals surface area contributed by atoms with Crippen LogP contribution in [0.2, 0.25) is 0 Å². The summed E-state index contributed by atoms with van der Waals surface area (Å²) in [5, 5.41) is 17.9. The molecule has 0 spiro atoms. The Morgan fingerprint density at radius 3 is 2.60 bits per heavy atom. The molecular formula is C8H7F2NO4. The second-order valence-electron chi connectivity index (χ2n) is 2.54. The van der Waals surface area contributed by atoms with Crippen LogP contribution in [0.1, 0.15) is 22.5 Å². The van der Waals surface area contributed by atoms with Crippen LogP contribution in [0.25, 0.3) is 0 Å². The van der Waals surface area contributed by atoms with Crippen molar-refractivity contribution in [3.8, 4) is 11.5 Å². The number of halogens is 2. The van der Waals surface area contributed by atoms with Crippen molar-refractivity contribution in [1.29, 1.82) is 0 Å². The molecule has 0 radical (unpaired) electrons. The number of aromatic carboxylic acids is 1. The molecule has 0 saturated heterocycles. The lowest BCUT2D eigenvalue weighted by Crippen LogP contribution is -2.04. The Morgan fingerprint density at radius 2 is 2.20 bits per heavy atom. The minimum atomic E-state index is -3.00. The minimum Gasteiger partial charge on any atom is -0.503 e. The van der Waals surface area contributed by atoms with Gasteiger partial charge in [-0.25, -0.2) is 13.6 Å². The molecule has 1 aromatic rings. The number of hydrogen-bond donors (Lipinski definition) is 2. The van der Waals surface area contributed by atoms with E-state index in [9.17, 15) is 18.7 Å². The first-order valence-electron chi connectivity index (χ1n) is 3.76. The molecule has 1 heterocycles. The van der Waals surface area contributed by atoms with Gasteiger partial charge >= 0.3 is 5.97 Å². The molecule has 5 nitrogen and oxygen atoms in total. The number of ether oxygens (including phenoxy) is 1. The summed E-state index contributed by atoms with van der Waals surface area (Å²) < 4.78 is 29.0. The van der Waals surface area contributed by atoms with Crippen molar-refractivity contribution in [3.05, 3.63) is 17.5 Å². The Kier molecular flexibility index (Phi) is 3.03. The maximum Gasteiger partial charge on any atom is 0.341 e. The molecule has 82 valence electrons. The zero-order chi connectivity index (χ0) is 11.6. The van der Waals surface area contributed by atoms with Gasteiger partial charge in [0.2, 0.25) is 0 Å². The zero-order valence-electron chi connectivity index (χ0n) is 7.57. The molecule has 0 bridgehead atoms. The molecule has 0 saturated carbocycles. The molecule has 0 fully saturated rings. The van der Waals surface area contributed by atoms with E-state index < -0.39 is 35.2 Å². The Morgan fingerprint density at radius 1 is 1.60 bits per heavy atom. The predicted octanol–water partition coefficient (Wildman–Crippen LogP) is 1.43. The summed E-state index contributed by atoms with van der Waals surface area (Å²) in [4.78, 5) is 13.7. The Labute approximate surface area is 82.9 Å². The van der Waals surface area contributed by atoms with Crippen LogP contribution in [-0.4, -0.2) is 28.3 Å². The van der Waals surface area contributed by atoms with Gasteiger partial charge in [-0.1, -0.05) is 0 Å². The van der Waals surface area contributed by atoms with E-state index in [-0.39, 0.29) is 0 Å². The van der Waals surface area contributed by atoms with Gasteiger partial charge in [0, 0.05) is 6.20 Å². The molecule has 1 rings (SSSR count). The van der Waals surface area contributed by atoms with Gasteiger partial charge in [-0.3, -0.25) is 4.98 Å². The van der Waals surface area contributed by atoms with E-state index in [4.69, 9.17) is 5.11 Å². The van der Waals surface area contributed by atoms with Crippen molar-refractivity contribution in [3.63, 3.8) is 0 Å². The molecule has 15 heavy (non-hydrogen) atoms. The predicted molar refractivity (Wildman–Crippen MR) is 44.4 cm³/mol. The first-order valence-corrected chi connectivity index (χ1v) is 3.76. The minimum absolute atomic E-state index is 0.473. The smallest absolute Gasteiger partial charge is 0.341 e. The van der Waals surface area contributed by atoms with Gasteiger partial charge in [-0.15, -0.1) is 0 Å². The van der Waals surface area contributed by atoms with Crippen molar-refractivity contribution in [2.75, 3.05) is 7.11 Å². The first kappa shape index (κ1) is 11.2. The van der Waals surface area contributed by atoms with E-state index in [0.717, 1.165) is 7.11 Å². The van der Waals surface area contributed by atoms with Crippen molar-refractivity contribution < 1.29 is 28.5 Å². The third-order valence-corrected chi connectivity index (χ3v) is 1.68. The third kappa shape index (κ3) is 1.95. The fraction of sp³-hybridized carbons (Fsp3) is 0.250. The lowest BCUT2D eigenvalue weighted by Gasteiger charge is -2.09. The highest BCUT2D eigenvalue weighted by Gasteiger charge is 2.23. The van der Waals surface area contributed by atoms with Crippen LogP contribution in [0, 0.1) is 0 Å². The fourth-order valence-electron chi connectivity index (χ4n) is 1.02. The highest BCUT2D eigenvalue weighted by atomic mass is 19.3. The molecule has 1 aromatic heterocycles. The van der Waals surface area contributed by atoms with Gasteiger partial charge in [0.05, 0.1) is 7.11 Å². The molecule has 0 atom stereocenters. The first-order chi connectivity index (χ1) is 6.99. The van der Waals surface area contributed by atoms with E-state index in [1.54, 1.807) is 0 Å². The number of nitrogens with zero attached hydrogens (tertiary/aromatic N) is 1. The number of aromatic hydroxyl groups is 1. The van der Waals surface area contributed by atoms with E-state index in [2.05, 4.69) is 9.72 Å². The topological polar surface area (TPSA) is 79.7 Å². The van der Waals surface area contributed by atoms with Crippen molar-refractivity contribution in [1.82, 2.24) is 4.98 Å². The molecule has 0 amide bonds. The lowest BCUT2D eigenvalue weighted by atomic mass is 10.2. The fourth-order valence-corrected chi connectivity index (χ4v) is 1.02. The SMILES string of the molecule is COc1c(C(=O)O)cnc(C(F)F)c1O. The van der Waals surface area contributed by atoms with Crippen LogP contribution in [-0.2, 0) is 0 Å². The largest absolute Gasteiger partial charge is 0.503 e. The summed E-state index contributed by atoms with van der Waals surface area (Å²) in [6.07, 6.45) is -2.29. The quantitative estimate of drug-likeness (QED) is 0.803. The number of rotatable bonds is 3. The summed E-state index contributed by atoms with van der Waals surface area (Å²) in [7, 11) is 1.07. The molecule has 0 aliphatic rings. The number of hydrogen-bond acceptors (Lipinski definition) is 4. The van der Waals surface area contributed by atoms with E-state index in [1.165, 1.54) is 0 Å². The summed E-state index contributed by atoms with van der Waals surface area (Å²) in [5.74, 6) is -2.89. The Balaban J connectivity index is 3.39. The van der Waals surface area contributed by atoms with E-state index in [1.807, 2.05) is 0 Å². The van der Waals surface area contributed by atoms with Crippen molar-refractivity contribution in [2.45, 2.75) is 6.43 Å². The van der Waals surface area contributed by atoms with Crippen molar-refractivity contribution >= 4 is 5.97 Å². The number of pyridine rings is 1. The third-order valence-electron chi connectivity index (χ3n) is 1.68. The standard InChI is InChI=1S/C8H7F2NO4/c1-15-6-3(8(13)14)2-11-4(5(6)12)7(9)10/h2,7,12H,1H3,(H,13,14). The number of alkyl halides is 2. The highest BCUT2D eigenvalue weighted by molar-refractivity contribution is 5.91. The van der Waals surface area contributed by atoms with Crippen LogP contribution >= 0.6 is 0 Å². The number of carbonyl (C=O) groups is 1. The molecular weight excluding hydrogens is 212 g/mol. The number of methoxy groups -OCH3 is 1. The zero-order valence-corrected chi connectivity index (χ0v) is 7.57. The van der Waals surface area contributed by atoms with Gasteiger partial charge in [0.25, 0.3) is 6.43 Å². The second kappa shape index (κ2) is 4.07. The van der Waals surface area contributed by atoms with E-state index >= 15 is 0 Å². The molecule has 0 unspecified atom stereocenters. The Hall–Kier alpha value is -1.92. The molecule has 0 aromatic carbocycles. The van der Waals surface area contributed by atoms with Crippen LogP contribution < -0.4 is 4.74 Å². The summed E-state index contributed by atoms with van der Waals surface area (Å²) in [6, 6.07) is 0. The number of carboxylic acid groups (broad SMARTS) is 1. The average Bonchev–Trinajstić information content (AvgIpc) is 2.16.